The van der Waals surface area contributed by atoms with Gasteiger partial charge >= 0.3 is 0 Å². The minimum atomic E-state index is 0.201. The summed E-state index contributed by atoms with van der Waals surface area (Å²) in [7, 11) is 0. The van der Waals surface area contributed by atoms with Crippen LogP contribution in [-0.2, 0) is 4.79 Å². The minimum Gasteiger partial charge on any atom is -0.374 e. The van der Waals surface area contributed by atoms with Crippen LogP contribution < -0.4 is 10.2 Å². The Morgan fingerprint density at radius 2 is 2.00 bits per heavy atom. The lowest BCUT2D eigenvalue weighted by molar-refractivity contribution is -0.117. The maximum atomic E-state index is 12.0. The van der Waals surface area contributed by atoms with Crippen molar-refractivity contribution >= 4 is 17.3 Å². The third kappa shape index (κ3) is 2.22. The molecule has 18 heavy (non-hydrogen) atoms. The third-order valence-corrected chi connectivity index (χ3v) is 4.16. The highest BCUT2D eigenvalue weighted by Gasteiger charge is 2.24. The van der Waals surface area contributed by atoms with Crippen molar-refractivity contribution in [1.82, 2.24) is 0 Å². The highest BCUT2D eigenvalue weighted by atomic mass is 16.2. The first-order valence-electron chi connectivity index (χ1n) is 6.98. The van der Waals surface area contributed by atoms with Gasteiger partial charge in [0.2, 0.25) is 5.91 Å². The number of anilines is 2. The second-order valence-corrected chi connectivity index (χ2v) is 5.36. The normalized spacial score (nSPS) is 19.8. The van der Waals surface area contributed by atoms with Crippen LogP contribution in [0, 0.1) is 5.92 Å². The molecule has 0 radical (unpaired) electrons. The summed E-state index contributed by atoms with van der Waals surface area (Å²) in [6.45, 7) is 1.31. The van der Waals surface area contributed by atoms with E-state index in [2.05, 4.69) is 5.32 Å². The highest BCUT2D eigenvalue weighted by molar-refractivity contribution is 6.02. The molecule has 1 aliphatic carbocycles. The van der Waals surface area contributed by atoms with Crippen LogP contribution in [0.3, 0.4) is 0 Å². The van der Waals surface area contributed by atoms with Crippen LogP contribution in [0.15, 0.2) is 24.3 Å². The van der Waals surface area contributed by atoms with Crippen molar-refractivity contribution in [3.05, 3.63) is 24.3 Å². The Kier molecular flexibility index (Phi) is 3.22. The van der Waals surface area contributed by atoms with Crippen molar-refractivity contribution in [3.63, 3.8) is 0 Å². The quantitative estimate of drug-likeness (QED) is 0.886. The van der Waals surface area contributed by atoms with Gasteiger partial charge in [-0.25, -0.2) is 0 Å². The molecule has 1 fully saturated rings. The Hall–Kier alpha value is -1.51. The average Bonchev–Trinajstić information content (AvgIpc) is 2.91. The number of amides is 1. The van der Waals surface area contributed by atoms with Crippen LogP contribution in [0.4, 0.5) is 11.4 Å². The maximum absolute atomic E-state index is 12.0. The van der Waals surface area contributed by atoms with Gasteiger partial charge in [0.1, 0.15) is 0 Å². The first kappa shape index (κ1) is 11.6. The molecule has 1 aliphatic heterocycles. The molecule has 3 heteroatoms. The van der Waals surface area contributed by atoms with Crippen LogP contribution >= 0.6 is 0 Å². The molecule has 1 N–H and O–H groups in total. The van der Waals surface area contributed by atoms with Crippen LogP contribution in [0.2, 0.25) is 0 Å². The number of fused-ring (bicyclic) bond motifs is 1. The zero-order valence-corrected chi connectivity index (χ0v) is 10.7. The summed E-state index contributed by atoms with van der Waals surface area (Å²) >= 11 is 0. The van der Waals surface area contributed by atoms with Gasteiger partial charge in [0.05, 0.1) is 17.9 Å². The minimum absolute atomic E-state index is 0.201. The highest BCUT2D eigenvalue weighted by Crippen LogP contribution is 2.32. The van der Waals surface area contributed by atoms with Crippen molar-refractivity contribution in [2.75, 3.05) is 23.3 Å². The van der Waals surface area contributed by atoms with Crippen molar-refractivity contribution < 1.29 is 4.79 Å². The molecule has 0 spiro atoms. The van der Waals surface area contributed by atoms with E-state index in [0.29, 0.717) is 6.54 Å². The molecule has 1 heterocycles. The summed E-state index contributed by atoms with van der Waals surface area (Å²) in [5, 5.41) is 3.18. The van der Waals surface area contributed by atoms with E-state index in [1.165, 1.54) is 25.7 Å². The third-order valence-electron chi connectivity index (χ3n) is 4.16. The molecular formula is C15H20N2O. The van der Waals surface area contributed by atoms with Gasteiger partial charge in [-0.05, 0) is 24.5 Å². The van der Waals surface area contributed by atoms with E-state index >= 15 is 0 Å². The fraction of sp³-hybridized carbons (Fsp3) is 0.533. The molecule has 3 rings (SSSR count). The predicted octanol–water partition coefficient (Wildman–Crippen LogP) is 3.03. The van der Waals surface area contributed by atoms with Crippen LogP contribution in [0.25, 0.3) is 0 Å². The number of carbonyl (C=O) groups excluding carboxylic acids is 1. The van der Waals surface area contributed by atoms with Gasteiger partial charge in [-0.1, -0.05) is 37.8 Å². The lowest BCUT2D eigenvalue weighted by Gasteiger charge is -2.30. The number of para-hydroxylation sites is 2. The molecule has 0 saturated heterocycles. The summed E-state index contributed by atoms with van der Waals surface area (Å²) in [6, 6.07) is 8.09. The Balaban J connectivity index is 1.71. The molecule has 96 valence electrons. The van der Waals surface area contributed by atoms with Gasteiger partial charge < -0.3 is 10.2 Å². The smallest absolute Gasteiger partial charge is 0.246 e. The average molecular weight is 244 g/mol. The number of nitrogens with one attached hydrogen (secondary N) is 1. The van der Waals surface area contributed by atoms with E-state index in [4.69, 9.17) is 0 Å². The SMILES string of the molecule is O=C1CNc2ccccc2N1CCC1CCCC1. The fourth-order valence-electron chi connectivity index (χ4n) is 3.11. The first-order chi connectivity index (χ1) is 8.84. The van der Waals surface area contributed by atoms with E-state index in [9.17, 15) is 4.79 Å². The Morgan fingerprint density at radius 3 is 2.83 bits per heavy atom. The largest absolute Gasteiger partial charge is 0.374 e. The Morgan fingerprint density at radius 1 is 1.22 bits per heavy atom. The molecule has 2 aliphatic rings. The molecule has 1 aromatic carbocycles. The summed E-state index contributed by atoms with van der Waals surface area (Å²) < 4.78 is 0. The zero-order chi connectivity index (χ0) is 12.4. The zero-order valence-electron chi connectivity index (χ0n) is 10.7. The molecule has 1 saturated carbocycles. The second-order valence-electron chi connectivity index (χ2n) is 5.36. The summed E-state index contributed by atoms with van der Waals surface area (Å²) in [5.41, 5.74) is 2.13. The van der Waals surface area contributed by atoms with Gasteiger partial charge in [-0.15, -0.1) is 0 Å². The van der Waals surface area contributed by atoms with Gasteiger partial charge in [-0.2, -0.15) is 0 Å². The molecule has 1 aromatic rings. The number of hydrogen-bond acceptors (Lipinski definition) is 2. The number of carbonyl (C=O) groups is 1. The van der Waals surface area contributed by atoms with Crippen molar-refractivity contribution in [1.29, 1.82) is 0 Å². The van der Waals surface area contributed by atoms with Crippen LogP contribution in [-0.4, -0.2) is 19.0 Å². The Labute approximate surface area is 108 Å². The van der Waals surface area contributed by atoms with Gasteiger partial charge in [0.25, 0.3) is 0 Å². The molecule has 0 unspecified atom stereocenters. The van der Waals surface area contributed by atoms with E-state index in [1.807, 2.05) is 29.2 Å². The summed E-state index contributed by atoms with van der Waals surface area (Å²) in [5.74, 6) is 1.03. The van der Waals surface area contributed by atoms with Crippen molar-refractivity contribution in [2.45, 2.75) is 32.1 Å². The van der Waals surface area contributed by atoms with E-state index in [0.717, 1.165) is 30.3 Å². The monoisotopic (exact) mass is 244 g/mol. The molecule has 0 bridgehead atoms. The Bertz CT molecular complexity index is 438. The maximum Gasteiger partial charge on any atom is 0.246 e. The van der Waals surface area contributed by atoms with Crippen molar-refractivity contribution in [2.24, 2.45) is 5.92 Å². The number of nitrogens with zero attached hydrogens (tertiary/aromatic N) is 1. The molecule has 0 atom stereocenters. The number of benzene rings is 1. The van der Waals surface area contributed by atoms with E-state index in [1.54, 1.807) is 0 Å². The number of hydrogen-bond donors (Lipinski definition) is 1. The molecule has 0 aromatic heterocycles. The standard InChI is InChI=1S/C15H20N2O/c18-15-11-16-13-7-3-4-8-14(13)17(15)10-9-12-5-1-2-6-12/h3-4,7-8,12,16H,1-2,5-6,9-11H2. The van der Waals surface area contributed by atoms with Gasteiger partial charge in [0, 0.05) is 6.54 Å². The molecular weight excluding hydrogens is 224 g/mol. The fourth-order valence-corrected chi connectivity index (χ4v) is 3.11. The van der Waals surface area contributed by atoms with E-state index in [-0.39, 0.29) is 5.91 Å². The topological polar surface area (TPSA) is 32.3 Å². The first-order valence-corrected chi connectivity index (χ1v) is 6.98. The van der Waals surface area contributed by atoms with E-state index < -0.39 is 0 Å². The van der Waals surface area contributed by atoms with Crippen LogP contribution in [0.1, 0.15) is 32.1 Å². The predicted molar refractivity (Wildman–Crippen MR) is 73.9 cm³/mol. The summed E-state index contributed by atoms with van der Waals surface area (Å²) in [6.07, 6.45) is 6.59. The lowest BCUT2D eigenvalue weighted by Crippen LogP contribution is -2.40. The summed E-state index contributed by atoms with van der Waals surface area (Å²) in [4.78, 5) is 14.0. The number of rotatable bonds is 3. The molecule has 1 amide bonds. The second kappa shape index (κ2) is 5.01. The molecule has 3 nitrogen and oxygen atoms in total. The van der Waals surface area contributed by atoms with Crippen LogP contribution in [0.5, 0.6) is 0 Å². The van der Waals surface area contributed by atoms with Gasteiger partial charge in [0.15, 0.2) is 0 Å². The van der Waals surface area contributed by atoms with Crippen molar-refractivity contribution in [3.8, 4) is 0 Å². The van der Waals surface area contributed by atoms with Gasteiger partial charge in [-0.3, -0.25) is 4.79 Å². The lowest BCUT2D eigenvalue weighted by atomic mass is 10.0.